The van der Waals surface area contributed by atoms with E-state index in [9.17, 15) is 13.2 Å². The van der Waals surface area contributed by atoms with Crippen molar-refractivity contribution in [2.75, 3.05) is 18.1 Å². The molecule has 1 aliphatic rings. The van der Waals surface area contributed by atoms with Gasteiger partial charge in [0.05, 0.1) is 11.1 Å². The van der Waals surface area contributed by atoms with E-state index in [4.69, 9.17) is 5.84 Å². The maximum Gasteiger partial charge on any atom is 0.340 e. The Bertz CT molecular complexity index is 1150. The molecule has 0 saturated carbocycles. The number of hydrogen-bond acceptors (Lipinski definition) is 6. The van der Waals surface area contributed by atoms with Gasteiger partial charge < -0.3 is 4.90 Å². The highest BCUT2D eigenvalue weighted by Crippen LogP contribution is 2.22. The quantitative estimate of drug-likeness (QED) is 0.399. The molecule has 0 spiro atoms. The van der Waals surface area contributed by atoms with E-state index in [1.54, 1.807) is 29.2 Å². The van der Waals surface area contributed by atoms with Crippen molar-refractivity contribution >= 4 is 33.0 Å². The number of nitrogens with two attached hydrogens (primary N) is 1. The van der Waals surface area contributed by atoms with Gasteiger partial charge in [0.25, 0.3) is 10.0 Å². The second-order valence-corrected chi connectivity index (χ2v) is 8.88. The molecule has 152 valence electrons. The first-order chi connectivity index (χ1) is 13.9. The summed E-state index contributed by atoms with van der Waals surface area (Å²) in [6, 6.07) is 7.78. The second kappa shape index (κ2) is 7.45. The standard InChI is InChI=1S/C19H22N6O3S/c1-14-5-7-15(8-6-14)29(27,28)24-12-9-16-18(24)21-13-17(22-16)25(20)19(26)23-10-3-2-4-11-23/h5-9,12-13H,2-4,10-11,20H2,1H3. The number of urea groups is 1. The third kappa shape index (κ3) is 3.56. The van der Waals surface area contributed by atoms with Crippen LogP contribution < -0.4 is 10.9 Å². The van der Waals surface area contributed by atoms with Gasteiger partial charge in [-0.05, 0) is 44.4 Å². The number of benzene rings is 1. The number of hydrazine groups is 1. The Morgan fingerprint density at radius 2 is 1.79 bits per heavy atom. The van der Waals surface area contributed by atoms with Crippen molar-refractivity contribution in [3.63, 3.8) is 0 Å². The molecular weight excluding hydrogens is 392 g/mol. The molecule has 29 heavy (non-hydrogen) atoms. The van der Waals surface area contributed by atoms with E-state index in [1.807, 2.05) is 6.92 Å². The summed E-state index contributed by atoms with van der Waals surface area (Å²) >= 11 is 0. The molecule has 1 aromatic carbocycles. The number of anilines is 1. The van der Waals surface area contributed by atoms with Crippen LogP contribution in [0.25, 0.3) is 11.2 Å². The zero-order valence-corrected chi connectivity index (χ0v) is 16.8. The Hall–Kier alpha value is -2.98. The number of carbonyl (C=O) groups is 1. The van der Waals surface area contributed by atoms with Crippen LogP contribution in [0.5, 0.6) is 0 Å². The molecule has 10 heteroatoms. The van der Waals surface area contributed by atoms with Crippen LogP contribution in [0.15, 0.2) is 47.6 Å². The van der Waals surface area contributed by atoms with E-state index in [1.165, 1.54) is 18.5 Å². The van der Waals surface area contributed by atoms with Gasteiger partial charge in [0.15, 0.2) is 11.5 Å². The average molecular weight is 414 g/mol. The van der Waals surface area contributed by atoms with Crippen LogP contribution in [0, 0.1) is 6.92 Å². The maximum atomic E-state index is 13.0. The maximum absolute atomic E-state index is 13.0. The number of aromatic nitrogens is 3. The van der Waals surface area contributed by atoms with Crippen molar-refractivity contribution in [2.45, 2.75) is 31.1 Å². The minimum Gasteiger partial charge on any atom is -0.323 e. The summed E-state index contributed by atoms with van der Waals surface area (Å²) in [5.74, 6) is 6.14. The minimum absolute atomic E-state index is 0.159. The van der Waals surface area contributed by atoms with Gasteiger partial charge in [-0.3, -0.25) is 0 Å². The molecule has 0 atom stereocenters. The Morgan fingerprint density at radius 3 is 2.48 bits per heavy atom. The zero-order chi connectivity index (χ0) is 20.6. The number of fused-ring (bicyclic) bond motifs is 1. The summed E-state index contributed by atoms with van der Waals surface area (Å²) in [6.45, 7) is 3.21. The summed E-state index contributed by atoms with van der Waals surface area (Å²) in [6.07, 6.45) is 5.71. The fourth-order valence-electron chi connectivity index (χ4n) is 3.35. The molecule has 3 aromatic rings. The lowest BCUT2D eigenvalue weighted by molar-refractivity contribution is 0.193. The van der Waals surface area contributed by atoms with Crippen molar-refractivity contribution in [2.24, 2.45) is 5.84 Å². The van der Waals surface area contributed by atoms with Crippen molar-refractivity contribution < 1.29 is 13.2 Å². The van der Waals surface area contributed by atoms with E-state index >= 15 is 0 Å². The lowest BCUT2D eigenvalue weighted by atomic mass is 10.1. The van der Waals surface area contributed by atoms with Crippen molar-refractivity contribution in [1.82, 2.24) is 18.8 Å². The lowest BCUT2D eigenvalue weighted by Gasteiger charge is -2.29. The van der Waals surface area contributed by atoms with Crippen LogP contribution in [0.4, 0.5) is 10.6 Å². The predicted molar refractivity (Wildman–Crippen MR) is 109 cm³/mol. The minimum atomic E-state index is -3.81. The first-order valence-corrected chi connectivity index (χ1v) is 10.8. The van der Waals surface area contributed by atoms with Gasteiger partial charge in [-0.25, -0.2) is 38.0 Å². The summed E-state index contributed by atoms with van der Waals surface area (Å²) < 4.78 is 27.0. The Kier molecular flexibility index (Phi) is 4.97. The van der Waals surface area contributed by atoms with E-state index in [0.717, 1.165) is 33.8 Å². The van der Waals surface area contributed by atoms with Crippen LogP contribution in [-0.4, -0.2) is 46.4 Å². The highest BCUT2D eigenvalue weighted by atomic mass is 32.2. The molecule has 1 saturated heterocycles. The monoisotopic (exact) mass is 414 g/mol. The fourth-order valence-corrected chi connectivity index (χ4v) is 4.64. The molecule has 3 heterocycles. The SMILES string of the molecule is Cc1ccc(S(=O)(=O)n2ccc3nc(N(N)C(=O)N4CCCCC4)cnc32)cc1. The molecular formula is C19H22N6O3S. The van der Waals surface area contributed by atoms with Gasteiger partial charge in [0, 0.05) is 19.3 Å². The number of likely N-dealkylation sites (tertiary alicyclic amines) is 1. The number of hydrogen-bond donors (Lipinski definition) is 1. The topological polar surface area (TPSA) is 114 Å². The van der Waals surface area contributed by atoms with Gasteiger partial charge in [-0.1, -0.05) is 17.7 Å². The number of nitrogens with zero attached hydrogens (tertiary/aromatic N) is 5. The molecule has 0 bridgehead atoms. The Labute approximate surface area is 168 Å². The largest absolute Gasteiger partial charge is 0.340 e. The summed E-state index contributed by atoms with van der Waals surface area (Å²) in [5.41, 5.74) is 1.47. The molecule has 9 nitrogen and oxygen atoms in total. The molecule has 1 fully saturated rings. The summed E-state index contributed by atoms with van der Waals surface area (Å²) in [5, 5.41) is 0.962. The normalized spacial score (nSPS) is 14.9. The molecule has 0 unspecified atom stereocenters. The van der Waals surface area contributed by atoms with Gasteiger partial charge in [-0.2, -0.15) is 0 Å². The number of carbonyl (C=O) groups excluding carboxylic acids is 1. The number of aryl methyl sites for hydroxylation is 1. The van der Waals surface area contributed by atoms with E-state index in [-0.39, 0.29) is 22.4 Å². The third-order valence-electron chi connectivity index (χ3n) is 5.00. The van der Waals surface area contributed by atoms with E-state index in [2.05, 4.69) is 9.97 Å². The highest BCUT2D eigenvalue weighted by molar-refractivity contribution is 7.90. The predicted octanol–water partition coefficient (Wildman–Crippen LogP) is 2.26. The van der Waals surface area contributed by atoms with Crippen LogP contribution in [0.2, 0.25) is 0 Å². The van der Waals surface area contributed by atoms with Crippen molar-refractivity contribution in [1.29, 1.82) is 0 Å². The molecule has 1 aliphatic heterocycles. The van der Waals surface area contributed by atoms with Crippen molar-refractivity contribution in [3.8, 4) is 0 Å². The first-order valence-electron chi connectivity index (χ1n) is 9.38. The molecule has 2 amide bonds. The fraction of sp³-hybridized carbons (Fsp3) is 0.316. The summed E-state index contributed by atoms with van der Waals surface area (Å²) in [4.78, 5) is 23.0. The average Bonchev–Trinajstić information content (AvgIpc) is 3.17. The third-order valence-corrected chi connectivity index (χ3v) is 6.68. The second-order valence-electron chi connectivity index (χ2n) is 7.07. The zero-order valence-electron chi connectivity index (χ0n) is 16.0. The molecule has 2 N–H and O–H groups in total. The Balaban J connectivity index is 1.65. The van der Waals surface area contributed by atoms with Crippen LogP contribution in [0.3, 0.4) is 0 Å². The smallest absolute Gasteiger partial charge is 0.323 e. The van der Waals surface area contributed by atoms with E-state index in [0.29, 0.717) is 18.6 Å². The molecule has 0 aliphatic carbocycles. The van der Waals surface area contributed by atoms with Crippen LogP contribution in [-0.2, 0) is 10.0 Å². The molecule has 4 rings (SSSR count). The number of rotatable bonds is 3. The first kappa shape index (κ1) is 19.3. The van der Waals surface area contributed by atoms with Gasteiger partial charge in [-0.15, -0.1) is 0 Å². The van der Waals surface area contributed by atoms with Gasteiger partial charge >= 0.3 is 6.03 Å². The van der Waals surface area contributed by atoms with Crippen LogP contribution in [0.1, 0.15) is 24.8 Å². The molecule has 0 radical (unpaired) electrons. The van der Waals surface area contributed by atoms with Gasteiger partial charge in [0.1, 0.15) is 5.52 Å². The molecule has 2 aromatic heterocycles. The lowest BCUT2D eigenvalue weighted by Crippen LogP contribution is -2.49. The van der Waals surface area contributed by atoms with Crippen LogP contribution >= 0.6 is 0 Å². The number of piperidine rings is 1. The van der Waals surface area contributed by atoms with Gasteiger partial charge in [0.2, 0.25) is 0 Å². The van der Waals surface area contributed by atoms with Crippen molar-refractivity contribution in [3.05, 3.63) is 48.3 Å². The number of amides is 2. The summed E-state index contributed by atoms with van der Waals surface area (Å²) in [7, 11) is -3.81. The van der Waals surface area contributed by atoms with E-state index < -0.39 is 10.0 Å². The Morgan fingerprint density at radius 1 is 1.10 bits per heavy atom. The highest BCUT2D eigenvalue weighted by Gasteiger charge is 2.24.